The minimum Gasteiger partial charge on any atom is -0.490 e. The van der Waals surface area contributed by atoms with E-state index in [-0.39, 0.29) is 11.8 Å². The van der Waals surface area contributed by atoms with Crippen LogP contribution in [-0.4, -0.2) is 31.4 Å². The van der Waals surface area contributed by atoms with Gasteiger partial charge < -0.3 is 14.8 Å². The summed E-state index contributed by atoms with van der Waals surface area (Å²) >= 11 is 0. The lowest BCUT2D eigenvalue weighted by Gasteiger charge is -2.20. The van der Waals surface area contributed by atoms with Gasteiger partial charge >= 0.3 is 0 Å². The number of hydrogen-bond acceptors (Lipinski definition) is 4. The Kier molecular flexibility index (Phi) is 7.86. The predicted molar refractivity (Wildman–Crippen MR) is 106 cm³/mol. The van der Waals surface area contributed by atoms with Gasteiger partial charge in [-0.15, -0.1) is 0 Å². The highest BCUT2D eigenvalue weighted by Gasteiger charge is 2.19. The van der Waals surface area contributed by atoms with Crippen LogP contribution in [-0.2, 0) is 4.79 Å². The van der Waals surface area contributed by atoms with Crippen LogP contribution in [0.15, 0.2) is 48.5 Å². The van der Waals surface area contributed by atoms with Crippen molar-refractivity contribution in [2.24, 2.45) is 0 Å². The summed E-state index contributed by atoms with van der Waals surface area (Å²) in [6.07, 6.45) is 0.998. The van der Waals surface area contributed by atoms with Crippen LogP contribution < -0.4 is 14.8 Å². The summed E-state index contributed by atoms with van der Waals surface area (Å²) in [5.41, 5.74) is 1.70. The van der Waals surface area contributed by atoms with E-state index in [1.54, 1.807) is 25.1 Å². The van der Waals surface area contributed by atoms with Crippen molar-refractivity contribution in [3.8, 4) is 11.5 Å². The Morgan fingerprint density at radius 3 is 2.48 bits per heavy atom. The Bertz CT molecular complexity index is 745. The zero-order chi connectivity index (χ0) is 19.6. The van der Waals surface area contributed by atoms with Crippen LogP contribution in [0.4, 0.5) is 0 Å². The lowest BCUT2D eigenvalue weighted by atomic mass is 9.96. The summed E-state index contributed by atoms with van der Waals surface area (Å²) in [5.74, 6) is 0.970. The summed E-state index contributed by atoms with van der Waals surface area (Å²) in [7, 11) is 0. The van der Waals surface area contributed by atoms with Gasteiger partial charge in [0.15, 0.2) is 17.6 Å². The SMILES string of the molecule is CCOc1cc(C=O)ccc1O[C@@H](C)C(=O)NC[C@@H](CC)c1ccccc1. The Hall–Kier alpha value is -2.82. The van der Waals surface area contributed by atoms with Crippen molar-refractivity contribution >= 4 is 12.2 Å². The van der Waals surface area contributed by atoms with Gasteiger partial charge in [-0.05, 0) is 44.0 Å². The van der Waals surface area contributed by atoms with Crippen LogP contribution in [0.1, 0.15) is 49.0 Å². The molecular formula is C22H27NO4. The van der Waals surface area contributed by atoms with Gasteiger partial charge in [0.1, 0.15) is 6.29 Å². The van der Waals surface area contributed by atoms with Crippen LogP contribution >= 0.6 is 0 Å². The fraction of sp³-hybridized carbons (Fsp3) is 0.364. The molecule has 0 heterocycles. The molecule has 0 unspecified atom stereocenters. The second-order valence-electron chi connectivity index (χ2n) is 6.28. The third-order valence-corrected chi connectivity index (χ3v) is 4.36. The first kappa shape index (κ1) is 20.5. The summed E-state index contributed by atoms with van der Waals surface area (Å²) in [6, 6.07) is 15.0. The largest absolute Gasteiger partial charge is 0.490 e. The van der Waals surface area contributed by atoms with Gasteiger partial charge in [-0.3, -0.25) is 9.59 Å². The van der Waals surface area contributed by atoms with Crippen molar-refractivity contribution < 1.29 is 19.1 Å². The minimum atomic E-state index is -0.681. The number of aldehydes is 1. The van der Waals surface area contributed by atoms with Crippen LogP contribution in [0.5, 0.6) is 11.5 Å². The molecule has 5 heteroatoms. The molecule has 1 amide bonds. The predicted octanol–water partition coefficient (Wildman–Crippen LogP) is 3.98. The van der Waals surface area contributed by atoms with Crippen molar-refractivity contribution in [1.29, 1.82) is 0 Å². The number of nitrogens with one attached hydrogen (secondary N) is 1. The molecule has 0 radical (unpaired) electrons. The van der Waals surface area contributed by atoms with E-state index in [0.717, 1.165) is 12.7 Å². The van der Waals surface area contributed by atoms with Crippen molar-refractivity contribution in [2.75, 3.05) is 13.2 Å². The van der Waals surface area contributed by atoms with Crippen molar-refractivity contribution in [3.05, 3.63) is 59.7 Å². The molecular weight excluding hydrogens is 342 g/mol. The maximum absolute atomic E-state index is 12.5. The third kappa shape index (κ3) is 5.84. The molecule has 0 saturated heterocycles. The van der Waals surface area contributed by atoms with Gasteiger partial charge in [-0.2, -0.15) is 0 Å². The lowest BCUT2D eigenvalue weighted by Crippen LogP contribution is -2.38. The van der Waals surface area contributed by atoms with Crippen LogP contribution in [0.2, 0.25) is 0 Å². The van der Waals surface area contributed by atoms with Crippen molar-refractivity contribution in [3.63, 3.8) is 0 Å². The highest BCUT2D eigenvalue weighted by Crippen LogP contribution is 2.29. The summed E-state index contributed by atoms with van der Waals surface area (Å²) in [6.45, 7) is 6.64. The van der Waals surface area contributed by atoms with Gasteiger partial charge in [0, 0.05) is 18.0 Å². The molecule has 27 heavy (non-hydrogen) atoms. The van der Waals surface area contributed by atoms with Crippen LogP contribution in [0.3, 0.4) is 0 Å². The summed E-state index contributed by atoms with van der Waals surface area (Å²) in [4.78, 5) is 23.4. The molecule has 2 aromatic rings. The quantitative estimate of drug-likeness (QED) is 0.644. The van der Waals surface area contributed by atoms with Gasteiger partial charge in [-0.1, -0.05) is 37.3 Å². The molecule has 0 fully saturated rings. The summed E-state index contributed by atoms with van der Waals surface area (Å²) < 4.78 is 11.3. The van der Waals surface area contributed by atoms with E-state index in [4.69, 9.17) is 9.47 Å². The van der Waals surface area contributed by atoms with E-state index < -0.39 is 6.10 Å². The molecule has 144 valence electrons. The van der Waals surface area contributed by atoms with Gasteiger partial charge in [0.05, 0.1) is 6.61 Å². The number of benzene rings is 2. The first-order valence-electron chi connectivity index (χ1n) is 9.30. The van der Waals surface area contributed by atoms with Gasteiger partial charge in [0.2, 0.25) is 0 Å². The zero-order valence-corrected chi connectivity index (χ0v) is 16.1. The molecule has 5 nitrogen and oxygen atoms in total. The zero-order valence-electron chi connectivity index (χ0n) is 16.1. The molecule has 2 aromatic carbocycles. The molecule has 2 atom stereocenters. The standard InChI is InChI=1S/C22H27NO4/c1-4-18(19-9-7-6-8-10-19)14-23-22(25)16(3)27-20-12-11-17(15-24)13-21(20)26-5-2/h6-13,15-16,18H,4-5,14H2,1-3H3,(H,23,25)/t16-,18+/m0/s1. The maximum Gasteiger partial charge on any atom is 0.260 e. The monoisotopic (exact) mass is 369 g/mol. The average Bonchev–Trinajstić information content (AvgIpc) is 2.70. The number of amides is 1. The van der Waals surface area contributed by atoms with E-state index in [2.05, 4.69) is 24.4 Å². The maximum atomic E-state index is 12.5. The van der Waals surface area contributed by atoms with E-state index in [1.807, 2.05) is 25.1 Å². The molecule has 0 aromatic heterocycles. The second kappa shape index (κ2) is 10.4. The molecule has 0 aliphatic carbocycles. The van der Waals surface area contributed by atoms with E-state index in [1.165, 1.54) is 5.56 Å². The Balaban J connectivity index is 1.98. The highest BCUT2D eigenvalue weighted by molar-refractivity contribution is 5.81. The lowest BCUT2D eigenvalue weighted by molar-refractivity contribution is -0.127. The van der Waals surface area contributed by atoms with Crippen molar-refractivity contribution in [2.45, 2.75) is 39.2 Å². The average molecular weight is 369 g/mol. The van der Waals surface area contributed by atoms with E-state index >= 15 is 0 Å². The van der Waals surface area contributed by atoms with Gasteiger partial charge in [0.25, 0.3) is 5.91 Å². The Morgan fingerprint density at radius 2 is 1.85 bits per heavy atom. The molecule has 0 aliphatic rings. The minimum absolute atomic E-state index is 0.189. The first-order chi connectivity index (χ1) is 13.1. The number of ether oxygens (including phenoxy) is 2. The summed E-state index contributed by atoms with van der Waals surface area (Å²) in [5, 5.41) is 2.97. The third-order valence-electron chi connectivity index (χ3n) is 4.36. The smallest absolute Gasteiger partial charge is 0.260 e. The Labute approximate surface area is 160 Å². The number of hydrogen-bond donors (Lipinski definition) is 1. The Morgan fingerprint density at radius 1 is 1.11 bits per heavy atom. The second-order valence-corrected chi connectivity index (χ2v) is 6.28. The molecule has 0 spiro atoms. The molecule has 0 saturated carbocycles. The normalized spacial score (nSPS) is 12.7. The topological polar surface area (TPSA) is 64.6 Å². The van der Waals surface area contributed by atoms with Gasteiger partial charge in [-0.25, -0.2) is 0 Å². The van der Waals surface area contributed by atoms with Crippen LogP contribution in [0.25, 0.3) is 0 Å². The number of carbonyl (C=O) groups excluding carboxylic acids is 2. The molecule has 0 aliphatic heterocycles. The number of rotatable bonds is 10. The molecule has 2 rings (SSSR count). The van der Waals surface area contributed by atoms with Crippen LogP contribution in [0, 0.1) is 0 Å². The fourth-order valence-electron chi connectivity index (χ4n) is 2.80. The molecule has 1 N–H and O–H groups in total. The van der Waals surface area contributed by atoms with E-state index in [0.29, 0.717) is 30.2 Å². The molecule has 0 bridgehead atoms. The number of carbonyl (C=O) groups is 2. The van der Waals surface area contributed by atoms with E-state index in [9.17, 15) is 9.59 Å². The highest BCUT2D eigenvalue weighted by atomic mass is 16.5. The van der Waals surface area contributed by atoms with Crippen molar-refractivity contribution in [1.82, 2.24) is 5.32 Å². The fourth-order valence-corrected chi connectivity index (χ4v) is 2.80. The first-order valence-corrected chi connectivity index (χ1v) is 9.30.